The number of aromatic nitrogens is 1. The van der Waals surface area contributed by atoms with Crippen LogP contribution in [0, 0.1) is 6.92 Å². The monoisotopic (exact) mass is 380 g/mol. The molecular weight excluding hydrogens is 352 g/mol. The van der Waals surface area contributed by atoms with Gasteiger partial charge in [-0.05, 0) is 69.9 Å². The van der Waals surface area contributed by atoms with Gasteiger partial charge in [-0.3, -0.25) is 9.59 Å². The number of aryl methyl sites for hydroxylation is 1. The maximum atomic E-state index is 12.8. The van der Waals surface area contributed by atoms with Gasteiger partial charge in [0.25, 0.3) is 11.8 Å². The average molecular weight is 380 g/mol. The SMILES string of the molecule is Cc1ccc(C(=O)N2CCCCC2)cc1Nc1ccc(C(=O)NC(C)C)cn1. The Labute approximate surface area is 166 Å². The summed E-state index contributed by atoms with van der Waals surface area (Å²) in [5.41, 5.74) is 3.07. The molecule has 6 heteroatoms. The third-order valence-corrected chi connectivity index (χ3v) is 4.84. The van der Waals surface area contributed by atoms with Crippen molar-refractivity contribution < 1.29 is 9.59 Å². The fraction of sp³-hybridized carbons (Fsp3) is 0.409. The second-order valence-electron chi connectivity index (χ2n) is 7.57. The summed E-state index contributed by atoms with van der Waals surface area (Å²) in [7, 11) is 0. The van der Waals surface area contributed by atoms with Gasteiger partial charge in [-0.2, -0.15) is 0 Å². The van der Waals surface area contributed by atoms with Crippen LogP contribution in [-0.4, -0.2) is 40.8 Å². The maximum absolute atomic E-state index is 12.8. The molecule has 0 bridgehead atoms. The minimum Gasteiger partial charge on any atom is -0.350 e. The van der Waals surface area contributed by atoms with E-state index in [0.717, 1.165) is 37.2 Å². The molecule has 0 aliphatic carbocycles. The number of amides is 2. The highest BCUT2D eigenvalue weighted by atomic mass is 16.2. The fourth-order valence-corrected chi connectivity index (χ4v) is 3.25. The molecule has 0 atom stereocenters. The highest BCUT2D eigenvalue weighted by Crippen LogP contribution is 2.23. The molecule has 28 heavy (non-hydrogen) atoms. The van der Waals surface area contributed by atoms with Crippen molar-refractivity contribution in [2.24, 2.45) is 0 Å². The van der Waals surface area contributed by atoms with E-state index in [1.165, 1.54) is 6.42 Å². The Bertz CT molecular complexity index is 840. The molecule has 148 valence electrons. The van der Waals surface area contributed by atoms with Crippen molar-refractivity contribution >= 4 is 23.3 Å². The summed E-state index contributed by atoms with van der Waals surface area (Å²) in [6.07, 6.45) is 4.90. The van der Waals surface area contributed by atoms with E-state index in [-0.39, 0.29) is 17.9 Å². The van der Waals surface area contributed by atoms with Crippen LogP contribution < -0.4 is 10.6 Å². The van der Waals surface area contributed by atoms with E-state index in [4.69, 9.17) is 0 Å². The molecule has 1 aliphatic heterocycles. The van der Waals surface area contributed by atoms with Crippen molar-refractivity contribution in [2.75, 3.05) is 18.4 Å². The molecule has 3 rings (SSSR count). The first kappa shape index (κ1) is 19.9. The number of rotatable bonds is 5. The van der Waals surface area contributed by atoms with Crippen molar-refractivity contribution in [3.63, 3.8) is 0 Å². The van der Waals surface area contributed by atoms with Gasteiger partial charge >= 0.3 is 0 Å². The van der Waals surface area contributed by atoms with E-state index in [0.29, 0.717) is 16.9 Å². The van der Waals surface area contributed by atoms with E-state index < -0.39 is 0 Å². The number of nitrogens with one attached hydrogen (secondary N) is 2. The van der Waals surface area contributed by atoms with Gasteiger partial charge < -0.3 is 15.5 Å². The van der Waals surface area contributed by atoms with E-state index in [1.807, 2.05) is 43.9 Å². The lowest BCUT2D eigenvalue weighted by Gasteiger charge is -2.27. The zero-order valence-electron chi connectivity index (χ0n) is 16.8. The number of benzene rings is 1. The van der Waals surface area contributed by atoms with Crippen molar-refractivity contribution in [3.05, 3.63) is 53.2 Å². The third kappa shape index (κ3) is 4.88. The lowest BCUT2D eigenvalue weighted by molar-refractivity contribution is 0.0724. The smallest absolute Gasteiger partial charge is 0.253 e. The Morgan fingerprint density at radius 1 is 1.04 bits per heavy atom. The van der Waals surface area contributed by atoms with Crippen LogP contribution in [0.25, 0.3) is 0 Å². The second kappa shape index (κ2) is 8.87. The van der Waals surface area contributed by atoms with Gasteiger partial charge in [-0.25, -0.2) is 4.98 Å². The van der Waals surface area contributed by atoms with E-state index in [1.54, 1.807) is 18.3 Å². The van der Waals surface area contributed by atoms with Crippen LogP contribution in [0.1, 0.15) is 59.4 Å². The first-order valence-electron chi connectivity index (χ1n) is 9.88. The topological polar surface area (TPSA) is 74.3 Å². The average Bonchev–Trinajstić information content (AvgIpc) is 2.70. The Hall–Kier alpha value is -2.89. The van der Waals surface area contributed by atoms with Crippen molar-refractivity contribution in [2.45, 2.75) is 46.1 Å². The number of carbonyl (C=O) groups is 2. The van der Waals surface area contributed by atoms with E-state index >= 15 is 0 Å². The molecule has 2 heterocycles. The third-order valence-electron chi connectivity index (χ3n) is 4.84. The summed E-state index contributed by atoms with van der Waals surface area (Å²) < 4.78 is 0. The van der Waals surface area contributed by atoms with Crippen molar-refractivity contribution in [1.82, 2.24) is 15.2 Å². The van der Waals surface area contributed by atoms with Crippen LogP contribution in [0.3, 0.4) is 0 Å². The molecule has 1 saturated heterocycles. The van der Waals surface area contributed by atoms with Crippen LogP contribution in [0.4, 0.5) is 11.5 Å². The molecule has 1 fully saturated rings. The molecule has 2 aromatic rings. The molecule has 0 spiro atoms. The largest absolute Gasteiger partial charge is 0.350 e. The summed E-state index contributed by atoms with van der Waals surface area (Å²) >= 11 is 0. The van der Waals surface area contributed by atoms with Crippen LogP contribution in [-0.2, 0) is 0 Å². The summed E-state index contributed by atoms with van der Waals surface area (Å²) in [4.78, 5) is 31.1. The van der Waals surface area contributed by atoms with Gasteiger partial charge in [-0.15, -0.1) is 0 Å². The number of likely N-dealkylation sites (tertiary alicyclic amines) is 1. The quantitative estimate of drug-likeness (QED) is 0.825. The minimum atomic E-state index is -0.139. The molecular formula is C22H28N4O2. The predicted molar refractivity (Wildman–Crippen MR) is 111 cm³/mol. The Morgan fingerprint density at radius 3 is 2.39 bits per heavy atom. The van der Waals surface area contributed by atoms with Crippen LogP contribution in [0.5, 0.6) is 0 Å². The Balaban J connectivity index is 1.73. The molecule has 1 aliphatic rings. The minimum absolute atomic E-state index is 0.0770. The summed E-state index contributed by atoms with van der Waals surface area (Å²) in [6.45, 7) is 7.49. The van der Waals surface area contributed by atoms with Gasteiger partial charge in [0.05, 0.1) is 5.56 Å². The first-order valence-corrected chi connectivity index (χ1v) is 9.88. The zero-order chi connectivity index (χ0) is 20.1. The molecule has 1 aromatic heterocycles. The highest BCUT2D eigenvalue weighted by Gasteiger charge is 2.19. The number of anilines is 2. The molecule has 0 unspecified atom stereocenters. The number of nitrogens with zero attached hydrogens (tertiary/aromatic N) is 2. The number of hydrogen-bond acceptors (Lipinski definition) is 4. The molecule has 0 radical (unpaired) electrons. The first-order chi connectivity index (χ1) is 13.4. The number of piperidine rings is 1. The van der Waals surface area contributed by atoms with E-state index in [9.17, 15) is 9.59 Å². The van der Waals surface area contributed by atoms with Gasteiger partial charge in [0, 0.05) is 36.6 Å². The molecule has 1 aromatic carbocycles. The van der Waals surface area contributed by atoms with Gasteiger partial charge in [0.2, 0.25) is 0 Å². The van der Waals surface area contributed by atoms with Crippen LogP contribution >= 0.6 is 0 Å². The van der Waals surface area contributed by atoms with Gasteiger partial charge in [0.1, 0.15) is 5.82 Å². The van der Waals surface area contributed by atoms with Gasteiger partial charge in [0.15, 0.2) is 0 Å². The number of carbonyl (C=O) groups excluding carboxylic acids is 2. The second-order valence-corrected chi connectivity index (χ2v) is 7.57. The fourth-order valence-electron chi connectivity index (χ4n) is 3.25. The van der Waals surface area contributed by atoms with Crippen molar-refractivity contribution in [3.8, 4) is 0 Å². The van der Waals surface area contributed by atoms with Gasteiger partial charge in [-0.1, -0.05) is 6.07 Å². The standard InChI is InChI=1S/C22H28N4O2/c1-15(2)24-21(27)18-9-10-20(23-14-18)25-19-13-17(8-7-16(19)3)22(28)26-11-5-4-6-12-26/h7-10,13-15H,4-6,11-12H2,1-3H3,(H,23,25)(H,24,27). The normalized spacial score (nSPS) is 14.1. The number of hydrogen-bond donors (Lipinski definition) is 2. The lowest BCUT2D eigenvalue weighted by atomic mass is 10.1. The zero-order valence-corrected chi connectivity index (χ0v) is 16.8. The maximum Gasteiger partial charge on any atom is 0.253 e. The molecule has 0 saturated carbocycles. The molecule has 6 nitrogen and oxygen atoms in total. The summed E-state index contributed by atoms with van der Waals surface area (Å²) in [5, 5.41) is 6.11. The van der Waals surface area contributed by atoms with Crippen LogP contribution in [0.2, 0.25) is 0 Å². The Kier molecular flexibility index (Phi) is 6.29. The van der Waals surface area contributed by atoms with Crippen molar-refractivity contribution in [1.29, 1.82) is 0 Å². The van der Waals surface area contributed by atoms with E-state index in [2.05, 4.69) is 15.6 Å². The summed E-state index contributed by atoms with van der Waals surface area (Å²) in [5.74, 6) is 0.572. The molecule has 2 amide bonds. The highest BCUT2D eigenvalue weighted by molar-refractivity contribution is 5.96. The van der Waals surface area contributed by atoms with Crippen LogP contribution in [0.15, 0.2) is 36.5 Å². The summed E-state index contributed by atoms with van der Waals surface area (Å²) in [6, 6.07) is 9.30. The predicted octanol–water partition coefficient (Wildman–Crippen LogP) is 3.90. The lowest BCUT2D eigenvalue weighted by Crippen LogP contribution is -2.35. The number of pyridine rings is 1. The molecule has 2 N–H and O–H groups in total. The Morgan fingerprint density at radius 2 is 1.75 bits per heavy atom.